The largest absolute Gasteiger partial charge is 0.372 e. The summed E-state index contributed by atoms with van der Waals surface area (Å²) in [6.07, 6.45) is 8.04. The number of carbonyl (C=O) groups excluding carboxylic acids is 1. The molecule has 0 spiro atoms. The average molecular weight is 754 g/mol. The van der Waals surface area contributed by atoms with Crippen LogP contribution in [0.5, 0.6) is 0 Å². The Hall–Kier alpha value is -4.08. The number of amides is 1. The van der Waals surface area contributed by atoms with Crippen LogP contribution in [0.15, 0.2) is 36.5 Å². The third-order valence-corrected chi connectivity index (χ3v) is 13.2. The van der Waals surface area contributed by atoms with Gasteiger partial charge in [-0.3, -0.25) is 4.79 Å². The van der Waals surface area contributed by atoms with Gasteiger partial charge in [0.05, 0.1) is 46.0 Å². The van der Waals surface area contributed by atoms with Crippen LogP contribution in [-0.4, -0.2) is 61.1 Å². The summed E-state index contributed by atoms with van der Waals surface area (Å²) in [4.78, 5) is 21.1. The zero-order chi connectivity index (χ0) is 36.1. The minimum atomic E-state index is -0.478. The van der Waals surface area contributed by atoms with E-state index in [0.717, 1.165) is 67.5 Å². The van der Waals surface area contributed by atoms with Crippen molar-refractivity contribution in [2.24, 2.45) is 11.8 Å². The van der Waals surface area contributed by atoms with Gasteiger partial charge in [0.1, 0.15) is 17.3 Å². The number of halogens is 3. The number of rotatable bonds is 8. The van der Waals surface area contributed by atoms with Crippen molar-refractivity contribution in [3.63, 3.8) is 0 Å². The smallest absolute Gasteiger partial charge is 0.226 e. The number of benzene rings is 2. The van der Waals surface area contributed by atoms with E-state index >= 15 is 4.39 Å². The number of nitrogens with one attached hydrogen (secondary N) is 1. The van der Waals surface area contributed by atoms with Crippen molar-refractivity contribution in [3.05, 3.63) is 75.0 Å². The van der Waals surface area contributed by atoms with Crippen LogP contribution in [0.4, 0.5) is 4.39 Å². The van der Waals surface area contributed by atoms with Gasteiger partial charge >= 0.3 is 0 Å². The van der Waals surface area contributed by atoms with E-state index in [1.807, 2.05) is 23.9 Å². The number of carbonyl (C=O) groups is 1. The highest BCUT2D eigenvalue weighted by Crippen LogP contribution is 2.52. The fraction of sp³-hybridized carbons (Fsp3) is 0.475. The third kappa shape index (κ3) is 5.31. The first kappa shape index (κ1) is 33.5. The Morgan fingerprint density at radius 3 is 2.77 bits per heavy atom. The van der Waals surface area contributed by atoms with Crippen LogP contribution < -0.4 is 5.32 Å². The predicted molar refractivity (Wildman–Crippen MR) is 199 cm³/mol. The zero-order valence-electron chi connectivity index (χ0n) is 29.4. The lowest BCUT2D eigenvalue weighted by molar-refractivity contribution is -0.133. The zero-order valence-corrected chi connectivity index (χ0v) is 30.9. The number of pyridine rings is 1. The van der Waals surface area contributed by atoms with Crippen molar-refractivity contribution < 1.29 is 13.9 Å². The Bertz CT molecular complexity index is 2340. The Balaban J connectivity index is 1.17. The topological polar surface area (TPSA) is 114 Å². The minimum absolute atomic E-state index is 0.0353. The monoisotopic (exact) mass is 752 g/mol. The van der Waals surface area contributed by atoms with E-state index < -0.39 is 5.82 Å². The predicted octanol–water partition coefficient (Wildman–Crippen LogP) is 7.97. The lowest BCUT2D eigenvalue weighted by Gasteiger charge is -2.39. The summed E-state index contributed by atoms with van der Waals surface area (Å²) in [5.74, 6) is 0.176. The number of aryl methyl sites for hydroxylation is 2. The molecule has 1 N–H and O–H groups in total. The van der Waals surface area contributed by atoms with Gasteiger partial charge in [-0.25, -0.2) is 14.1 Å². The van der Waals surface area contributed by atoms with Gasteiger partial charge in [0, 0.05) is 71.4 Å². The van der Waals surface area contributed by atoms with Crippen LogP contribution in [-0.2, 0) is 16.0 Å². The van der Waals surface area contributed by atoms with Crippen molar-refractivity contribution in [2.75, 3.05) is 19.7 Å². The van der Waals surface area contributed by atoms with Crippen LogP contribution in [0, 0.1) is 35.9 Å². The molecule has 0 radical (unpaired) electrons. The number of nitriles is 1. The normalized spacial score (nSPS) is 26.5. The van der Waals surface area contributed by atoms with Crippen molar-refractivity contribution in [1.82, 2.24) is 34.8 Å². The summed E-state index contributed by atoms with van der Waals surface area (Å²) in [7, 11) is 0. The van der Waals surface area contributed by atoms with Gasteiger partial charge < -0.3 is 19.5 Å². The molecule has 2 saturated carbocycles. The molecule has 11 rings (SSSR count). The van der Waals surface area contributed by atoms with Crippen LogP contribution in [0.3, 0.4) is 0 Å². The number of hydrogen-bond donors (Lipinski definition) is 1. The molecule has 4 saturated heterocycles. The first-order valence-corrected chi connectivity index (χ1v) is 19.6. The van der Waals surface area contributed by atoms with Gasteiger partial charge in [-0.05, 0) is 81.5 Å². The van der Waals surface area contributed by atoms with E-state index in [-0.39, 0.29) is 59.1 Å². The fourth-order valence-electron chi connectivity index (χ4n) is 9.62. The number of aromatic nitrogens is 5. The molecule has 6 aliphatic rings. The Labute approximate surface area is 316 Å². The highest BCUT2D eigenvalue weighted by molar-refractivity contribution is 6.43. The summed E-state index contributed by atoms with van der Waals surface area (Å²) in [6.45, 7) is 4.13. The second-order valence-corrected chi connectivity index (χ2v) is 16.4. The number of fused-ring (bicyclic) bond motifs is 4. The molecule has 13 heteroatoms. The van der Waals surface area contributed by atoms with Gasteiger partial charge in [0.15, 0.2) is 5.82 Å². The average Bonchev–Trinajstić information content (AvgIpc) is 3.83. The molecule has 2 aromatic carbocycles. The highest BCUT2D eigenvalue weighted by atomic mass is 35.5. The van der Waals surface area contributed by atoms with Crippen molar-refractivity contribution in [3.8, 4) is 17.2 Å². The number of hydrogen-bond acceptors (Lipinski definition) is 7. The maximum atomic E-state index is 17.2. The molecule has 10 nitrogen and oxygen atoms in total. The molecule has 1 amide bonds. The first-order valence-electron chi connectivity index (χ1n) is 18.9. The molecule has 6 atom stereocenters. The van der Waals surface area contributed by atoms with E-state index in [9.17, 15) is 10.1 Å². The van der Waals surface area contributed by atoms with Crippen LogP contribution in [0.2, 0.25) is 10.0 Å². The van der Waals surface area contributed by atoms with Crippen molar-refractivity contribution in [1.29, 1.82) is 5.26 Å². The number of nitrogens with zero attached hydrogens (tertiary/aromatic N) is 7. The van der Waals surface area contributed by atoms with Gasteiger partial charge in [-0.1, -0.05) is 40.5 Å². The van der Waals surface area contributed by atoms with Gasteiger partial charge in [-0.15, -0.1) is 5.10 Å². The molecular formula is C40H39Cl2FN8O2. The maximum absolute atomic E-state index is 17.2. The van der Waals surface area contributed by atoms with E-state index in [1.54, 1.807) is 18.2 Å². The molecule has 2 bridgehead atoms. The van der Waals surface area contributed by atoms with Gasteiger partial charge in [-0.2, -0.15) is 5.26 Å². The molecule has 272 valence electrons. The molecule has 5 aromatic rings. The summed E-state index contributed by atoms with van der Waals surface area (Å²) in [5.41, 5.74) is 5.27. The van der Waals surface area contributed by atoms with E-state index in [2.05, 4.69) is 37.2 Å². The van der Waals surface area contributed by atoms with E-state index in [0.29, 0.717) is 58.1 Å². The molecule has 6 fully saturated rings. The highest BCUT2D eigenvalue weighted by Gasteiger charge is 2.51. The number of ether oxygens (including phenoxy) is 1. The van der Waals surface area contributed by atoms with Gasteiger partial charge in [0.25, 0.3) is 0 Å². The van der Waals surface area contributed by atoms with E-state index in [4.69, 9.17) is 32.9 Å². The summed E-state index contributed by atoms with van der Waals surface area (Å²) < 4.78 is 27.5. The van der Waals surface area contributed by atoms with E-state index in [1.165, 1.54) is 0 Å². The molecular weight excluding hydrogens is 714 g/mol. The standard InChI is InChI=1S/C40H39Cl2FN8O2/c1-20-26-16-32(31-15-24(18-49(31)40(52)21-9-10-21)50-19-30(47-48-50)33-8-4-12-53-33)51(38-23-14-29(38)45-17-23)39(26)27-13-22(5-3-11-44)34(36(43)37(27)46-20)25-6-2-7-28(41)35(25)42/h2,6-7,13,16,19,21,23-24,29,31,33,38,45H,3-5,8-10,12,14-15,17-18H2,1H3/t23?,24-,29?,31+,33?,38-/m0/s1. The number of likely N-dealkylation sites (tertiary alicyclic amines) is 1. The third-order valence-electron chi connectivity index (χ3n) is 12.4. The van der Waals surface area contributed by atoms with Gasteiger partial charge in [0.2, 0.25) is 5.91 Å². The minimum Gasteiger partial charge on any atom is -0.372 e. The lowest BCUT2D eigenvalue weighted by atomic mass is 9.79. The second kappa shape index (κ2) is 12.8. The summed E-state index contributed by atoms with van der Waals surface area (Å²) >= 11 is 13.1. The van der Waals surface area contributed by atoms with Crippen molar-refractivity contribution >= 4 is 50.9 Å². The Kier molecular flexibility index (Phi) is 8.06. The fourth-order valence-corrected chi connectivity index (χ4v) is 10.0. The maximum Gasteiger partial charge on any atom is 0.226 e. The lowest BCUT2D eigenvalue weighted by Crippen LogP contribution is -2.41. The molecule has 7 heterocycles. The van der Waals surface area contributed by atoms with Crippen LogP contribution in [0.25, 0.3) is 32.9 Å². The molecule has 53 heavy (non-hydrogen) atoms. The Morgan fingerprint density at radius 1 is 1.17 bits per heavy atom. The molecule has 3 unspecified atom stereocenters. The summed E-state index contributed by atoms with van der Waals surface area (Å²) in [5, 5.41) is 24.6. The first-order chi connectivity index (χ1) is 25.8. The Morgan fingerprint density at radius 2 is 2.04 bits per heavy atom. The summed E-state index contributed by atoms with van der Waals surface area (Å²) in [6, 6.07) is 11.8. The SMILES string of the molecule is Cc1nc2c(F)c(-c3cccc(Cl)c3Cl)c(CCC#N)cc2c2c1cc([C@H]1C[C@H](n3cc(C4CCCO4)nn3)CN1C(=O)C1CC1)n2[C@H]1C2CNC1C2. The van der Waals surface area contributed by atoms with Crippen LogP contribution in [0.1, 0.15) is 91.8 Å². The quantitative estimate of drug-likeness (QED) is 0.171. The van der Waals surface area contributed by atoms with Crippen LogP contribution >= 0.6 is 23.2 Å². The molecule has 3 aromatic heterocycles. The molecule has 2 aliphatic carbocycles. The second-order valence-electron chi connectivity index (χ2n) is 15.6. The van der Waals surface area contributed by atoms with Crippen molar-refractivity contribution in [2.45, 2.75) is 88.6 Å². The molecule has 4 aliphatic heterocycles.